The molecule has 0 aromatic heterocycles. The number of aryl methyl sites for hydroxylation is 1. The van der Waals surface area contributed by atoms with Gasteiger partial charge in [0.1, 0.15) is 0 Å². The molecule has 0 spiro atoms. The lowest BCUT2D eigenvalue weighted by Gasteiger charge is -2.17. The van der Waals surface area contributed by atoms with Crippen molar-refractivity contribution in [1.29, 1.82) is 0 Å². The van der Waals surface area contributed by atoms with Crippen LogP contribution in [0.5, 0.6) is 0 Å². The van der Waals surface area contributed by atoms with Gasteiger partial charge in [-0.05, 0) is 30.2 Å². The van der Waals surface area contributed by atoms with Crippen LogP contribution in [0, 0.1) is 6.92 Å². The van der Waals surface area contributed by atoms with E-state index in [-0.39, 0.29) is 5.91 Å². The van der Waals surface area contributed by atoms with Crippen LogP contribution in [-0.2, 0) is 12.4 Å². The Labute approximate surface area is 125 Å². The first kappa shape index (κ1) is 14.6. The van der Waals surface area contributed by atoms with Gasteiger partial charge in [0.05, 0.1) is 0 Å². The Morgan fingerprint density at radius 3 is 2.10 bits per heavy atom. The number of hydrogen-bond donors (Lipinski definition) is 0. The van der Waals surface area contributed by atoms with Gasteiger partial charge in [0.2, 0.25) is 0 Å². The van der Waals surface area contributed by atoms with Crippen LogP contribution in [-0.4, -0.2) is 17.9 Å². The minimum absolute atomic E-state index is 0.0201. The summed E-state index contributed by atoms with van der Waals surface area (Å²) in [5, 5.41) is 0. The molecule has 0 unspecified atom stereocenters. The van der Waals surface area contributed by atoms with Crippen LogP contribution in [0.25, 0.3) is 0 Å². The molecule has 1 amide bonds. The van der Waals surface area contributed by atoms with Crippen LogP contribution in [0.3, 0.4) is 0 Å². The van der Waals surface area contributed by atoms with E-state index in [1.165, 1.54) is 5.56 Å². The average Bonchev–Trinajstić information content (AvgIpc) is 2.49. The molecule has 0 saturated carbocycles. The largest absolute Gasteiger partial charge is 0.337 e. The fraction of sp³-hybridized carbons (Fsp3) is 0.235. The number of amides is 1. The van der Waals surface area contributed by atoms with E-state index in [2.05, 4.69) is 31.2 Å². The number of alkyl halides is 1. The predicted molar refractivity (Wildman–Crippen MR) is 83.0 cm³/mol. The van der Waals surface area contributed by atoms with E-state index < -0.39 is 0 Å². The molecule has 2 aromatic carbocycles. The van der Waals surface area contributed by atoms with Crippen molar-refractivity contribution in [3.63, 3.8) is 0 Å². The van der Waals surface area contributed by atoms with Crippen LogP contribution in [0.2, 0.25) is 0 Å². The summed E-state index contributed by atoms with van der Waals surface area (Å²) in [4.78, 5) is 14.0. The van der Waals surface area contributed by atoms with Gasteiger partial charge in [-0.15, -0.1) is 11.6 Å². The standard InChI is InChI=1S/C17H18ClNO/c1-13-3-5-15(6-4-13)12-19(2)17(20)16-9-7-14(11-18)8-10-16/h3-10H,11-12H2,1-2H3. The Bertz CT molecular complexity index is 575. The second-order valence-corrected chi connectivity index (χ2v) is 5.24. The number of halogens is 1. The minimum atomic E-state index is 0.0201. The number of carbonyl (C=O) groups excluding carboxylic acids is 1. The van der Waals surface area contributed by atoms with E-state index in [1.54, 1.807) is 4.90 Å². The molecule has 0 heterocycles. The van der Waals surface area contributed by atoms with Crippen LogP contribution in [0.15, 0.2) is 48.5 Å². The summed E-state index contributed by atoms with van der Waals surface area (Å²) in [6.45, 7) is 2.66. The average molecular weight is 288 g/mol. The maximum Gasteiger partial charge on any atom is 0.253 e. The van der Waals surface area contributed by atoms with Gasteiger partial charge in [0.15, 0.2) is 0 Å². The molecule has 0 aliphatic rings. The summed E-state index contributed by atoms with van der Waals surface area (Å²) in [5.41, 5.74) is 4.06. The second kappa shape index (κ2) is 6.58. The summed E-state index contributed by atoms with van der Waals surface area (Å²) in [7, 11) is 1.82. The second-order valence-electron chi connectivity index (χ2n) is 4.98. The van der Waals surface area contributed by atoms with Crippen LogP contribution < -0.4 is 0 Å². The van der Waals surface area contributed by atoms with Crippen molar-refractivity contribution in [1.82, 2.24) is 4.90 Å². The maximum absolute atomic E-state index is 12.3. The molecule has 2 nitrogen and oxygen atoms in total. The van der Waals surface area contributed by atoms with Gasteiger partial charge in [-0.2, -0.15) is 0 Å². The lowest BCUT2D eigenvalue weighted by molar-refractivity contribution is 0.0785. The zero-order valence-electron chi connectivity index (χ0n) is 11.8. The quantitative estimate of drug-likeness (QED) is 0.778. The van der Waals surface area contributed by atoms with E-state index in [9.17, 15) is 4.79 Å². The fourth-order valence-electron chi connectivity index (χ4n) is 2.00. The molecular weight excluding hydrogens is 270 g/mol. The van der Waals surface area contributed by atoms with Crippen molar-refractivity contribution < 1.29 is 4.79 Å². The van der Waals surface area contributed by atoms with E-state index >= 15 is 0 Å². The minimum Gasteiger partial charge on any atom is -0.337 e. The van der Waals surface area contributed by atoms with Gasteiger partial charge in [0.25, 0.3) is 5.91 Å². The van der Waals surface area contributed by atoms with Crippen LogP contribution in [0.4, 0.5) is 0 Å². The summed E-state index contributed by atoms with van der Waals surface area (Å²) >= 11 is 5.75. The predicted octanol–water partition coefficient (Wildman–Crippen LogP) is 4.01. The molecule has 0 fully saturated rings. The molecule has 3 heteroatoms. The first-order valence-electron chi connectivity index (χ1n) is 6.56. The fourth-order valence-corrected chi connectivity index (χ4v) is 2.17. The lowest BCUT2D eigenvalue weighted by Crippen LogP contribution is -2.26. The number of rotatable bonds is 4. The summed E-state index contributed by atoms with van der Waals surface area (Å²) in [6.07, 6.45) is 0. The Morgan fingerprint density at radius 2 is 1.55 bits per heavy atom. The SMILES string of the molecule is Cc1ccc(CN(C)C(=O)c2ccc(CCl)cc2)cc1. The number of nitrogens with zero attached hydrogens (tertiary/aromatic N) is 1. The molecule has 0 bridgehead atoms. The Hall–Kier alpha value is -1.80. The first-order valence-corrected chi connectivity index (χ1v) is 7.09. The molecule has 0 radical (unpaired) electrons. The Balaban J connectivity index is 2.05. The molecular formula is C17H18ClNO. The molecule has 20 heavy (non-hydrogen) atoms. The van der Waals surface area contributed by atoms with E-state index in [0.29, 0.717) is 18.0 Å². The molecule has 2 aromatic rings. The molecule has 2 rings (SSSR count). The topological polar surface area (TPSA) is 20.3 Å². The van der Waals surface area contributed by atoms with Crippen LogP contribution >= 0.6 is 11.6 Å². The van der Waals surface area contributed by atoms with Gasteiger partial charge < -0.3 is 4.90 Å². The molecule has 0 aliphatic carbocycles. The van der Waals surface area contributed by atoms with Gasteiger partial charge in [-0.1, -0.05) is 42.0 Å². The highest BCUT2D eigenvalue weighted by Gasteiger charge is 2.11. The smallest absolute Gasteiger partial charge is 0.253 e. The van der Waals surface area contributed by atoms with Gasteiger partial charge in [-0.3, -0.25) is 4.79 Å². The van der Waals surface area contributed by atoms with Gasteiger partial charge >= 0.3 is 0 Å². The van der Waals surface area contributed by atoms with Crippen molar-refractivity contribution in [2.75, 3.05) is 7.05 Å². The van der Waals surface area contributed by atoms with E-state index in [4.69, 9.17) is 11.6 Å². The summed E-state index contributed by atoms with van der Waals surface area (Å²) < 4.78 is 0. The van der Waals surface area contributed by atoms with E-state index in [0.717, 1.165) is 11.1 Å². The number of hydrogen-bond acceptors (Lipinski definition) is 1. The molecule has 0 N–H and O–H groups in total. The normalized spacial score (nSPS) is 10.3. The molecule has 0 saturated heterocycles. The lowest BCUT2D eigenvalue weighted by atomic mass is 10.1. The third-order valence-electron chi connectivity index (χ3n) is 3.24. The van der Waals surface area contributed by atoms with Gasteiger partial charge in [0, 0.05) is 25.0 Å². The third kappa shape index (κ3) is 3.61. The van der Waals surface area contributed by atoms with Crippen LogP contribution in [0.1, 0.15) is 27.0 Å². The zero-order valence-corrected chi connectivity index (χ0v) is 12.5. The Morgan fingerprint density at radius 1 is 1.00 bits per heavy atom. The highest BCUT2D eigenvalue weighted by molar-refractivity contribution is 6.17. The summed E-state index contributed by atoms with van der Waals surface area (Å²) in [6, 6.07) is 15.6. The van der Waals surface area contributed by atoms with Crippen molar-refractivity contribution >= 4 is 17.5 Å². The zero-order chi connectivity index (χ0) is 14.5. The number of carbonyl (C=O) groups is 1. The highest BCUT2D eigenvalue weighted by Crippen LogP contribution is 2.11. The van der Waals surface area contributed by atoms with E-state index in [1.807, 2.05) is 31.3 Å². The highest BCUT2D eigenvalue weighted by atomic mass is 35.5. The third-order valence-corrected chi connectivity index (χ3v) is 3.55. The van der Waals surface area contributed by atoms with Crippen molar-refractivity contribution in [3.8, 4) is 0 Å². The van der Waals surface area contributed by atoms with Crippen molar-refractivity contribution in [3.05, 3.63) is 70.8 Å². The first-order chi connectivity index (χ1) is 9.60. The van der Waals surface area contributed by atoms with Gasteiger partial charge in [-0.25, -0.2) is 0 Å². The molecule has 0 aliphatic heterocycles. The molecule has 104 valence electrons. The monoisotopic (exact) mass is 287 g/mol. The van der Waals surface area contributed by atoms with Crippen molar-refractivity contribution in [2.45, 2.75) is 19.3 Å². The molecule has 0 atom stereocenters. The maximum atomic E-state index is 12.3. The summed E-state index contributed by atoms with van der Waals surface area (Å²) in [5.74, 6) is 0.486. The van der Waals surface area contributed by atoms with Crippen molar-refractivity contribution in [2.24, 2.45) is 0 Å². The Kier molecular flexibility index (Phi) is 4.80. The number of benzene rings is 2.